The van der Waals surface area contributed by atoms with Crippen LogP contribution in [0.1, 0.15) is 15.9 Å². The zero-order valence-electron chi connectivity index (χ0n) is 10.7. The van der Waals surface area contributed by atoms with Crippen molar-refractivity contribution in [2.24, 2.45) is 5.73 Å². The largest absolute Gasteiger partial charge is 0.398 e. The summed E-state index contributed by atoms with van der Waals surface area (Å²) in [6, 6.07) is 7.90. The number of halogens is 2. The summed E-state index contributed by atoms with van der Waals surface area (Å²) in [5, 5.41) is 2.94. The van der Waals surface area contributed by atoms with Crippen molar-refractivity contribution in [2.45, 2.75) is 6.92 Å². The molecule has 2 aromatic rings. The summed E-state index contributed by atoms with van der Waals surface area (Å²) >= 11 is 3.40. The lowest BCUT2D eigenvalue weighted by Crippen LogP contribution is -2.14. The molecule has 6 heteroatoms. The van der Waals surface area contributed by atoms with Crippen molar-refractivity contribution in [3.8, 4) is 0 Å². The lowest BCUT2D eigenvalue weighted by molar-refractivity contribution is 0.100. The second-order valence-electron chi connectivity index (χ2n) is 4.32. The maximum absolute atomic E-state index is 13.9. The highest BCUT2D eigenvalue weighted by Gasteiger charge is 2.13. The fourth-order valence-electron chi connectivity index (χ4n) is 1.79. The number of anilines is 3. The summed E-state index contributed by atoms with van der Waals surface area (Å²) in [5.41, 5.74) is 12.7. The van der Waals surface area contributed by atoms with E-state index in [0.717, 1.165) is 21.8 Å². The molecular weight excluding hydrogens is 325 g/mol. The highest BCUT2D eigenvalue weighted by molar-refractivity contribution is 9.10. The second-order valence-corrected chi connectivity index (χ2v) is 5.18. The van der Waals surface area contributed by atoms with Gasteiger partial charge in [0.2, 0.25) is 0 Å². The zero-order valence-corrected chi connectivity index (χ0v) is 12.3. The van der Waals surface area contributed by atoms with Gasteiger partial charge in [-0.3, -0.25) is 4.79 Å². The quantitative estimate of drug-likeness (QED) is 0.751. The average Bonchev–Trinajstić information content (AvgIpc) is 2.37. The van der Waals surface area contributed by atoms with Crippen molar-refractivity contribution in [3.05, 3.63) is 51.7 Å². The molecule has 0 aliphatic heterocycles. The van der Waals surface area contributed by atoms with Gasteiger partial charge >= 0.3 is 0 Å². The van der Waals surface area contributed by atoms with Crippen molar-refractivity contribution in [1.29, 1.82) is 0 Å². The van der Waals surface area contributed by atoms with Gasteiger partial charge < -0.3 is 16.8 Å². The lowest BCUT2D eigenvalue weighted by Gasteiger charge is -2.13. The van der Waals surface area contributed by atoms with Crippen LogP contribution >= 0.6 is 15.9 Å². The van der Waals surface area contributed by atoms with Crippen LogP contribution in [-0.4, -0.2) is 5.91 Å². The van der Waals surface area contributed by atoms with Gasteiger partial charge in [-0.05, 0) is 36.8 Å². The van der Waals surface area contributed by atoms with Crippen molar-refractivity contribution in [1.82, 2.24) is 0 Å². The van der Waals surface area contributed by atoms with E-state index in [1.165, 1.54) is 6.07 Å². The standard InChI is InChI=1S/C14H13BrFN3O/c1-7-9(15)3-2-4-12(7)19-13-5-8(14(18)20)11(17)6-10(13)16/h2-6,19H,17H2,1H3,(H2,18,20). The Kier molecular flexibility index (Phi) is 3.94. The van der Waals surface area contributed by atoms with Crippen molar-refractivity contribution in [2.75, 3.05) is 11.1 Å². The van der Waals surface area contributed by atoms with Gasteiger partial charge in [0.05, 0.1) is 11.3 Å². The number of nitrogens with one attached hydrogen (secondary N) is 1. The first-order chi connectivity index (χ1) is 9.40. The second kappa shape index (κ2) is 5.50. The van der Waals surface area contributed by atoms with Gasteiger partial charge in [0.15, 0.2) is 0 Å². The van der Waals surface area contributed by atoms with E-state index < -0.39 is 11.7 Å². The Morgan fingerprint density at radius 2 is 2.00 bits per heavy atom. The van der Waals surface area contributed by atoms with Crippen LogP contribution in [0.25, 0.3) is 0 Å². The number of amides is 1. The summed E-state index contributed by atoms with van der Waals surface area (Å²) in [6.45, 7) is 1.89. The molecule has 0 aliphatic rings. The van der Waals surface area contributed by atoms with Crippen LogP contribution in [0, 0.1) is 12.7 Å². The van der Waals surface area contributed by atoms with Crippen molar-refractivity contribution in [3.63, 3.8) is 0 Å². The van der Waals surface area contributed by atoms with Crippen LogP contribution in [0.3, 0.4) is 0 Å². The third-order valence-electron chi connectivity index (χ3n) is 2.94. The molecule has 0 aliphatic carbocycles. The molecule has 0 fully saturated rings. The Morgan fingerprint density at radius 3 is 2.65 bits per heavy atom. The van der Waals surface area contributed by atoms with Crippen LogP contribution in [0.5, 0.6) is 0 Å². The monoisotopic (exact) mass is 337 g/mol. The molecule has 20 heavy (non-hydrogen) atoms. The lowest BCUT2D eigenvalue weighted by atomic mass is 10.1. The molecule has 0 saturated heterocycles. The minimum Gasteiger partial charge on any atom is -0.398 e. The fourth-order valence-corrected chi connectivity index (χ4v) is 2.15. The first kappa shape index (κ1) is 14.3. The minimum atomic E-state index is -0.698. The number of primary amides is 1. The zero-order chi connectivity index (χ0) is 14.9. The molecule has 1 amide bonds. The Balaban J connectivity index is 2.46. The number of hydrogen-bond donors (Lipinski definition) is 3. The Labute approximate surface area is 124 Å². The molecule has 0 unspecified atom stereocenters. The predicted molar refractivity (Wildman–Crippen MR) is 81.5 cm³/mol. The number of rotatable bonds is 3. The van der Waals surface area contributed by atoms with Gasteiger partial charge in [0.25, 0.3) is 5.91 Å². The first-order valence-corrected chi connectivity index (χ1v) is 6.60. The van der Waals surface area contributed by atoms with E-state index in [1.54, 1.807) is 6.07 Å². The number of hydrogen-bond acceptors (Lipinski definition) is 3. The molecule has 0 heterocycles. The third-order valence-corrected chi connectivity index (χ3v) is 3.80. The van der Waals surface area contributed by atoms with Crippen LogP contribution in [-0.2, 0) is 0 Å². The molecular formula is C14H13BrFN3O. The molecule has 0 saturated carbocycles. The minimum absolute atomic E-state index is 0.0199. The van der Waals surface area contributed by atoms with Gasteiger partial charge in [-0.25, -0.2) is 4.39 Å². The topological polar surface area (TPSA) is 81.1 Å². The molecule has 2 rings (SSSR count). The summed E-state index contributed by atoms with van der Waals surface area (Å²) in [5.74, 6) is -1.25. The van der Waals surface area contributed by atoms with E-state index in [-0.39, 0.29) is 16.9 Å². The normalized spacial score (nSPS) is 10.3. The maximum Gasteiger partial charge on any atom is 0.250 e. The fraction of sp³-hybridized carbons (Fsp3) is 0.0714. The van der Waals surface area contributed by atoms with Gasteiger partial charge in [0, 0.05) is 15.8 Å². The van der Waals surface area contributed by atoms with Gasteiger partial charge in [-0.2, -0.15) is 0 Å². The molecule has 4 nitrogen and oxygen atoms in total. The van der Waals surface area contributed by atoms with Crippen LogP contribution < -0.4 is 16.8 Å². The molecule has 0 spiro atoms. The van der Waals surface area contributed by atoms with Crippen molar-refractivity contribution < 1.29 is 9.18 Å². The van der Waals surface area contributed by atoms with E-state index >= 15 is 0 Å². The highest BCUT2D eigenvalue weighted by atomic mass is 79.9. The number of nitrogens with two attached hydrogens (primary N) is 2. The number of carbonyl (C=O) groups excluding carboxylic acids is 1. The SMILES string of the molecule is Cc1c(Br)cccc1Nc1cc(C(N)=O)c(N)cc1F. The summed E-state index contributed by atoms with van der Waals surface area (Å²) < 4.78 is 14.8. The third kappa shape index (κ3) is 2.75. The van der Waals surface area contributed by atoms with E-state index in [1.807, 2.05) is 19.1 Å². The molecule has 104 valence electrons. The first-order valence-electron chi connectivity index (χ1n) is 5.81. The number of benzene rings is 2. The Morgan fingerprint density at radius 1 is 1.30 bits per heavy atom. The molecule has 0 aromatic heterocycles. The average molecular weight is 338 g/mol. The maximum atomic E-state index is 13.9. The molecule has 2 aromatic carbocycles. The number of carbonyl (C=O) groups is 1. The van der Waals surface area contributed by atoms with Gasteiger partial charge in [-0.15, -0.1) is 0 Å². The summed E-state index contributed by atoms with van der Waals surface area (Å²) in [6.07, 6.45) is 0. The van der Waals surface area contributed by atoms with E-state index in [2.05, 4.69) is 21.2 Å². The Bertz CT molecular complexity index is 688. The van der Waals surface area contributed by atoms with E-state index in [4.69, 9.17) is 11.5 Å². The van der Waals surface area contributed by atoms with Crippen LogP contribution in [0.15, 0.2) is 34.8 Å². The molecule has 5 N–H and O–H groups in total. The van der Waals surface area contributed by atoms with Gasteiger partial charge in [-0.1, -0.05) is 22.0 Å². The summed E-state index contributed by atoms with van der Waals surface area (Å²) in [7, 11) is 0. The van der Waals surface area contributed by atoms with Gasteiger partial charge in [0.1, 0.15) is 5.82 Å². The predicted octanol–water partition coefficient (Wildman–Crippen LogP) is 3.32. The molecule has 0 atom stereocenters. The van der Waals surface area contributed by atoms with E-state index in [9.17, 15) is 9.18 Å². The Hall–Kier alpha value is -2.08. The van der Waals surface area contributed by atoms with Crippen LogP contribution in [0.4, 0.5) is 21.5 Å². The molecule has 0 radical (unpaired) electrons. The van der Waals surface area contributed by atoms with Crippen molar-refractivity contribution >= 4 is 38.9 Å². The highest BCUT2D eigenvalue weighted by Crippen LogP contribution is 2.29. The summed E-state index contributed by atoms with van der Waals surface area (Å²) in [4.78, 5) is 11.2. The molecule has 0 bridgehead atoms. The van der Waals surface area contributed by atoms with Crippen LogP contribution in [0.2, 0.25) is 0 Å². The smallest absolute Gasteiger partial charge is 0.250 e. The number of nitrogen functional groups attached to an aromatic ring is 1. The van der Waals surface area contributed by atoms with E-state index in [0.29, 0.717) is 0 Å².